The molecule has 0 saturated carbocycles. The molecule has 2 heterocycles. The molecule has 0 radical (unpaired) electrons. The van der Waals surface area contributed by atoms with Crippen LogP contribution in [0, 0.1) is 0 Å². The van der Waals surface area contributed by atoms with Gasteiger partial charge in [0.2, 0.25) is 0 Å². The Labute approximate surface area is 116 Å². The summed E-state index contributed by atoms with van der Waals surface area (Å²) >= 11 is 0. The molecular weight excluding hydrogens is 313 g/mol. The summed E-state index contributed by atoms with van der Waals surface area (Å²) in [6.07, 6.45) is -4.58. The number of ether oxygens (including phenoxy) is 1. The summed E-state index contributed by atoms with van der Waals surface area (Å²) in [4.78, 5) is 41.6. The van der Waals surface area contributed by atoms with Gasteiger partial charge in [-0.1, -0.05) is 0 Å². The molecule has 1 fully saturated rings. The first-order chi connectivity index (χ1) is 9.69. The Bertz CT molecular complexity index is 664. The van der Waals surface area contributed by atoms with Crippen LogP contribution in [0.2, 0.25) is 0 Å². The van der Waals surface area contributed by atoms with Crippen molar-refractivity contribution in [2.75, 3.05) is 6.61 Å². The van der Waals surface area contributed by atoms with Crippen molar-refractivity contribution in [3.05, 3.63) is 33.1 Å². The highest BCUT2D eigenvalue weighted by Crippen LogP contribution is 2.38. The Morgan fingerprint density at radius 2 is 2.00 bits per heavy atom. The van der Waals surface area contributed by atoms with Crippen LogP contribution >= 0.6 is 7.82 Å². The van der Waals surface area contributed by atoms with E-state index in [4.69, 9.17) is 14.5 Å². The van der Waals surface area contributed by atoms with E-state index >= 15 is 0 Å². The van der Waals surface area contributed by atoms with Gasteiger partial charge in [0.1, 0.15) is 18.3 Å². The van der Waals surface area contributed by atoms with Gasteiger partial charge in [-0.25, -0.2) is 9.36 Å². The van der Waals surface area contributed by atoms with Crippen molar-refractivity contribution >= 4 is 7.82 Å². The summed E-state index contributed by atoms with van der Waals surface area (Å²) < 4.78 is 20.8. The number of hydrogen-bond donors (Lipinski definition) is 5. The Morgan fingerprint density at radius 3 is 2.57 bits per heavy atom. The Balaban J connectivity index is 2.18. The molecule has 1 saturated heterocycles. The first-order valence-corrected chi connectivity index (χ1v) is 7.25. The third-order valence-corrected chi connectivity index (χ3v) is 3.35. The summed E-state index contributed by atoms with van der Waals surface area (Å²) in [6, 6.07) is 1.02. The average molecular weight is 326 g/mol. The zero-order valence-electron chi connectivity index (χ0n) is 10.4. The fourth-order valence-corrected chi connectivity index (χ4v) is 2.24. The van der Waals surface area contributed by atoms with Gasteiger partial charge in [-0.15, -0.1) is 0 Å². The van der Waals surface area contributed by atoms with Crippen molar-refractivity contribution in [1.82, 2.24) is 9.55 Å². The van der Waals surface area contributed by atoms with Gasteiger partial charge in [-0.3, -0.25) is 18.9 Å². The van der Waals surface area contributed by atoms with Crippen LogP contribution < -0.4 is 11.2 Å². The Morgan fingerprint density at radius 1 is 1.33 bits per heavy atom. The Hall–Kier alpha value is -1.33. The number of aliphatic hydroxyl groups is 2. The van der Waals surface area contributed by atoms with E-state index in [2.05, 4.69) is 4.52 Å². The molecule has 1 aliphatic rings. The van der Waals surface area contributed by atoms with Crippen molar-refractivity contribution in [2.45, 2.75) is 24.5 Å². The van der Waals surface area contributed by atoms with Crippen LogP contribution in [0.25, 0.3) is 0 Å². The molecule has 1 aromatic heterocycles. The van der Waals surface area contributed by atoms with Crippen molar-refractivity contribution in [1.29, 1.82) is 0 Å². The van der Waals surface area contributed by atoms with E-state index in [1.54, 1.807) is 0 Å². The number of hydrogen-bond acceptors (Lipinski definition) is 7. The lowest BCUT2D eigenvalue weighted by atomic mass is 10.1. The highest BCUT2D eigenvalue weighted by molar-refractivity contribution is 7.46. The maximum absolute atomic E-state index is 11.6. The van der Waals surface area contributed by atoms with Crippen molar-refractivity contribution in [2.24, 2.45) is 0 Å². The second kappa shape index (κ2) is 5.81. The molecule has 0 aliphatic carbocycles. The van der Waals surface area contributed by atoms with Gasteiger partial charge in [-0.2, -0.15) is 0 Å². The van der Waals surface area contributed by atoms with Crippen molar-refractivity contribution in [3.63, 3.8) is 0 Å². The van der Waals surface area contributed by atoms with E-state index in [0.717, 1.165) is 16.8 Å². The predicted octanol–water partition coefficient (Wildman–Crippen LogP) is -2.73. The van der Waals surface area contributed by atoms with Gasteiger partial charge in [-0.05, 0) is 0 Å². The molecule has 118 valence electrons. The number of phosphoric acid groups is 1. The molecule has 4 unspecified atom stereocenters. The normalized spacial score (nSPS) is 29.7. The van der Waals surface area contributed by atoms with Crippen LogP contribution in [0.3, 0.4) is 0 Å². The molecule has 0 spiro atoms. The number of nitrogens with one attached hydrogen (secondary N) is 1. The van der Waals surface area contributed by atoms with Gasteiger partial charge in [0, 0.05) is 12.3 Å². The number of aliphatic hydroxyl groups excluding tert-OH is 2. The third kappa shape index (κ3) is 3.66. The first kappa shape index (κ1) is 16.0. The minimum Gasteiger partial charge on any atom is -0.387 e. The van der Waals surface area contributed by atoms with Crippen LogP contribution in [0.4, 0.5) is 0 Å². The van der Waals surface area contributed by atoms with Crippen molar-refractivity contribution < 1.29 is 33.8 Å². The van der Waals surface area contributed by atoms with Gasteiger partial charge in [0.25, 0.3) is 5.56 Å². The lowest BCUT2D eigenvalue weighted by Gasteiger charge is -2.16. The highest BCUT2D eigenvalue weighted by atomic mass is 31.2. The zero-order valence-corrected chi connectivity index (χ0v) is 11.3. The molecule has 12 heteroatoms. The maximum atomic E-state index is 11.6. The van der Waals surface area contributed by atoms with Gasteiger partial charge < -0.3 is 24.7 Å². The quantitative estimate of drug-likeness (QED) is 0.368. The Kier molecular flexibility index (Phi) is 4.44. The van der Waals surface area contributed by atoms with E-state index in [1.807, 2.05) is 4.98 Å². The number of nitrogens with zero attached hydrogens (tertiary/aromatic N) is 1. The molecule has 4 atom stereocenters. The molecule has 1 aromatic rings. The van der Waals surface area contributed by atoms with Crippen LogP contribution in [-0.2, 0) is 13.8 Å². The van der Waals surface area contributed by atoms with Gasteiger partial charge in [0.05, 0.1) is 6.61 Å². The van der Waals surface area contributed by atoms with E-state index < -0.39 is 50.2 Å². The number of rotatable bonds is 4. The van der Waals surface area contributed by atoms with E-state index in [-0.39, 0.29) is 0 Å². The molecule has 1 aliphatic heterocycles. The lowest BCUT2D eigenvalue weighted by molar-refractivity contribution is -0.0543. The highest BCUT2D eigenvalue weighted by Gasteiger charge is 2.44. The van der Waals surface area contributed by atoms with Gasteiger partial charge >= 0.3 is 13.5 Å². The van der Waals surface area contributed by atoms with Crippen LogP contribution in [0.5, 0.6) is 0 Å². The molecule has 5 N–H and O–H groups in total. The average Bonchev–Trinajstić information content (AvgIpc) is 2.64. The summed E-state index contributed by atoms with van der Waals surface area (Å²) in [5.41, 5.74) is -1.51. The summed E-state index contributed by atoms with van der Waals surface area (Å²) in [5.74, 6) is 0. The second-order valence-corrected chi connectivity index (χ2v) is 5.59. The van der Waals surface area contributed by atoms with E-state index in [0.29, 0.717) is 0 Å². The fourth-order valence-electron chi connectivity index (χ4n) is 1.89. The molecule has 0 bridgehead atoms. The van der Waals surface area contributed by atoms with Gasteiger partial charge in [0.15, 0.2) is 6.23 Å². The van der Waals surface area contributed by atoms with Crippen LogP contribution in [-0.4, -0.2) is 54.5 Å². The maximum Gasteiger partial charge on any atom is 0.469 e. The molecular formula is C9H13N2O9P. The molecule has 11 nitrogen and oxygen atoms in total. The largest absolute Gasteiger partial charge is 0.469 e. The standard InChI is InChI=1S/C9H13N2O9P/c12-5-1-2-11(9(15)10-5)8-7(14)6(13)4(20-8)3-19-21(16,17)18/h1-2,4,6-8,13-14H,3H2,(H,10,12,15)(H2,16,17,18)/i10+1,11+1. The predicted molar refractivity (Wildman–Crippen MR) is 65.2 cm³/mol. The summed E-state index contributed by atoms with van der Waals surface area (Å²) in [5, 5.41) is 19.6. The second-order valence-electron chi connectivity index (χ2n) is 4.35. The third-order valence-electron chi connectivity index (χ3n) is 2.87. The zero-order chi connectivity index (χ0) is 15.8. The van der Waals surface area contributed by atoms with Crippen molar-refractivity contribution in [3.8, 4) is 0 Å². The SMILES string of the molecule is O=c1cc[15n](C2OC(COP(=O)(O)O)C(O)C2O)c(=O)[15nH]1. The van der Waals surface area contributed by atoms with E-state index in [1.165, 1.54) is 0 Å². The lowest BCUT2D eigenvalue weighted by Crippen LogP contribution is -2.37. The first-order valence-electron chi connectivity index (χ1n) is 5.72. The molecule has 0 amide bonds. The topological polar surface area (TPSA) is 171 Å². The monoisotopic (exact) mass is 326 g/mol. The van der Waals surface area contributed by atoms with Crippen LogP contribution in [0.1, 0.15) is 6.23 Å². The summed E-state index contributed by atoms with van der Waals surface area (Å²) in [7, 11) is -4.76. The van der Waals surface area contributed by atoms with Crippen LogP contribution in [0.15, 0.2) is 21.9 Å². The van der Waals surface area contributed by atoms with E-state index in [9.17, 15) is 24.4 Å². The fraction of sp³-hybridized carbons (Fsp3) is 0.556. The molecule has 2 rings (SSSR count). The smallest absolute Gasteiger partial charge is 0.387 e. The number of aromatic amines is 1. The number of H-pyrrole nitrogens is 1. The number of phosphoric ester groups is 1. The summed E-state index contributed by atoms with van der Waals surface area (Å²) in [6.45, 7) is -0.683. The molecule has 21 heavy (non-hydrogen) atoms. The minimum atomic E-state index is -4.76. The molecule has 0 aromatic carbocycles. The minimum absolute atomic E-state index is 0.648. The number of aromatic nitrogens is 2.